The fourth-order valence-corrected chi connectivity index (χ4v) is 3.17. The lowest BCUT2D eigenvalue weighted by molar-refractivity contribution is 1.14. The van der Waals surface area contributed by atoms with Gasteiger partial charge in [-0.1, -0.05) is 72.6 Å². The predicted octanol–water partition coefficient (Wildman–Crippen LogP) is 5.61. The molecule has 0 heterocycles. The lowest BCUT2D eigenvalue weighted by Gasteiger charge is -2.10. The predicted molar refractivity (Wildman–Crippen MR) is 92.0 cm³/mol. The Morgan fingerprint density at radius 3 is 2.24 bits per heavy atom. The summed E-state index contributed by atoms with van der Waals surface area (Å²) in [6.45, 7) is 6.56. The number of aryl methyl sites for hydroxylation is 3. The molecule has 106 valence electrons. The molecule has 0 atom stereocenters. The molecule has 0 spiro atoms. The molecule has 21 heavy (non-hydrogen) atoms. The van der Waals surface area contributed by atoms with Crippen molar-refractivity contribution >= 4 is 10.8 Å². The maximum atomic E-state index is 2.32. The molecule has 0 N–H and O–H groups in total. The summed E-state index contributed by atoms with van der Waals surface area (Å²) in [5, 5.41) is 2.74. The van der Waals surface area contributed by atoms with E-state index in [1.807, 2.05) is 0 Å². The van der Waals surface area contributed by atoms with Crippen molar-refractivity contribution in [3.05, 3.63) is 82.4 Å². The third-order valence-corrected chi connectivity index (χ3v) is 4.12. The van der Waals surface area contributed by atoms with Crippen LogP contribution in [0.25, 0.3) is 10.8 Å². The zero-order valence-electron chi connectivity index (χ0n) is 13.1. The summed E-state index contributed by atoms with van der Waals surface area (Å²) in [5.41, 5.74) is 6.92. The largest absolute Gasteiger partial charge is 0.0613 e. The summed E-state index contributed by atoms with van der Waals surface area (Å²) in [7, 11) is 0. The molecule has 0 aliphatic carbocycles. The molecule has 3 aromatic rings. The molecule has 3 rings (SSSR count). The minimum atomic E-state index is 1.01. The maximum Gasteiger partial charge on any atom is -0.00194 e. The first-order chi connectivity index (χ1) is 10.2. The van der Waals surface area contributed by atoms with Gasteiger partial charge in [-0.25, -0.2) is 0 Å². The molecule has 0 aromatic heterocycles. The second-order valence-electron chi connectivity index (χ2n) is 6.00. The second kappa shape index (κ2) is 5.73. The summed E-state index contributed by atoms with van der Waals surface area (Å²) in [6, 6.07) is 20.4. The zero-order valence-corrected chi connectivity index (χ0v) is 13.1. The highest BCUT2D eigenvalue weighted by Crippen LogP contribution is 2.23. The van der Waals surface area contributed by atoms with Gasteiger partial charge in [-0.15, -0.1) is 0 Å². The monoisotopic (exact) mass is 274 g/mol. The molecule has 0 amide bonds. The summed E-state index contributed by atoms with van der Waals surface area (Å²) < 4.78 is 0. The van der Waals surface area contributed by atoms with Crippen LogP contribution in [0, 0.1) is 13.8 Å². The van der Waals surface area contributed by atoms with Gasteiger partial charge in [-0.2, -0.15) is 0 Å². The minimum Gasteiger partial charge on any atom is -0.0613 e. The SMILES string of the molecule is CCc1ccc2c(Cc3cc(C)cc(C)c3)cccc2c1. The van der Waals surface area contributed by atoms with E-state index in [9.17, 15) is 0 Å². The topological polar surface area (TPSA) is 0 Å². The smallest absolute Gasteiger partial charge is 0.00194 e. The van der Waals surface area contributed by atoms with Crippen molar-refractivity contribution in [3.63, 3.8) is 0 Å². The molecule has 0 nitrogen and oxygen atoms in total. The maximum absolute atomic E-state index is 2.32. The molecular weight excluding hydrogens is 252 g/mol. The number of hydrogen-bond acceptors (Lipinski definition) is 0. The Labute approximate surface area is 127 Å². The number of hydrogen-bond donors (Lipinski definition) is 0. The van der Waals surface area contributed by atoms with Crippen molar-refractivity contribution in [1.82, 2.24) is 0 Å². The Balaban J connectivity index is 2.04. The van der Waals surface area contributed by atoms with E-state index in [0.29, 0.717) is 0 Å². The van der Waals surface area contributed by atoms with Crippen LogP contribution < -0.4 is 0 Å². The Morgan fingerprint density at radius 1 is 0.762 bits per heavy atom. The van der Waals surface area contributed by atoms with Crippen molar-refractivity contribution in [3.8, 4) is 0 Å². The van der Waals surface area contributed by atoms with E-state index < -0.39 is 0 Å². The van der Waals surface area contributed by atoms with E-state index in [1.165, 1.54) is 38.6 Å². The van der Waals surface area contributed by atoms with E-state index in [-0.39, 0.29) is 0 Å². The van der Waals surface area contributed by atoms with Gasteiger partial charge in [-0.05, 0) is 54.2 Å². The molecule has 0 heteroatoms. The van der Waals surface area contributed by atoms with E-state index in [0.717, 1.165) is 12.8 Å². The van der Waals surface area contributed by atoms with Gasteiger partial charge in [-0.3, -0.25) is 0 Å². The lowest BCUT2D eigenvalue weighted by atomic mass is 9.95. The van der Waals surface area contributed by atoms with E-state index >= 15 is 0 Å². The normalized spacial score (nSPS) is 11.0. The van der Waals surface area contributed by atoms with Crippen LogP contribution in [0.1, 0.15) is 34.7 Å². The standard InChI is InChI=1S/C21H22/c1-4-17-8-9-21-19(13-17)6-5-7-20(21)14-18-11-15(2)10-16(3)12-18/h5-13H,4,14H2,1-3H3. The van der Waals surface area contributed by atoms with Crippen LogP contribution in [0.3, 0.4) is 0 Å². The number of benzene rings is 3. The van der Waals surface area contributed by atoms with Crippen LogP contribution in [-0.2, 0) is 12.8 Å². The molecule has 0 radical (unpaired) electrons. The van der Waals surface area contributed by atoms with Crippen molar-refractivity contribution in [1.29, 1.82) is 0 Å². The first-order valence-electron chi connectivity index (χ1n) is 7.73. The van der Waals surface area contributed by atoms with Gasteiger partial charge < -0.3 is 0 Å². The first kappa shape index (κ1) is 13.9. The van der Waals surface area contributed by atoms with Gasteiger partial charge in [0.1, 0.15) is 0 Å². The van der Waals surface area contributed by atoms with E-state index in [2.05, 4.69) is 75.4 Å². The molecular formula is C21H22. The summed E-state index contributed by atoms with van der Waals surface area (Å²) in [5.74, 6) is 0. The third-order valence-electron chi connectivity index (χ3n) is 4.12. The lowest BCUT2D eigenvalue weighted by Crippen LogP contribution is -1.92. The molecule has 0 aliphatic heterocycles. The van der Waals surface area contributed by atoms with Crippen LogP contribution in [0.4, 0.5) is 0 Å². The quantitative estimate of drug-likeness (QED) is 0.582. The molecule has 3 aromatic carbocycles. The second-order valence-corrected chi connectivity index (χ2v) is 6.00. The average molecular weight is 274 g/mol. The fourth-order valence-electron chi connectivity index (χ4n) is 3.17. The molecule has 0 fully saturated rings. The van der Waals surface area contributed by atoms with Gasteiger partial charge in [0.05, 0.1) is 0 Å². The summed E-state index contributed by atoms with van der Waals surface area (Å²) in [4.78, 5) is 0. The Hall–Kier alpha value is -2.08. The summed E-state index contributed by atoms with van der Waals surface area (Å²) >= 11 is 0. The highest BCUT2D eigenvalue weighted by molar-refractivity contribution is 5.86. The average Bonchev–Trinajstić information content (AvgIpc) is 2.46. The van der Waals surface area contributed by atoms with E-state index in [4.69, 9.17) is 0 Å². The van der Waals surface area contributed by atoms with Crippen molar-refractivity contribution in [2.45, 2.75) is 33.6 Å². The molecule has 0 saturated heterocycles. The number of fused-ring (bicyclic) bond motifs is 1. The third kappa shape index (κ3) is 3.00. The van der Waals surface area contributed by atoms with Crippen molar-refractivity contribution in [2.24, 2.45) is 0 Å². The van der Waals surface area contributed by atoms with Crippen LogP contribution >= 0.6 is 0 Å². The van der Waals surface area contributed by atoms with Gasteiger partial charge in [0.25, 0.3) is 0 Å². The molecule has 0 unspecified atom stereocenters. The summed E-state index contributed by atoms with van der Waals surface area (Å²) in [6.07, 6.45) is 2.10. The Bertz CT molecular complexity index is 761. The number of rotatable bonds is 3. The van der Waals surface area contributed by atoms with Crippen molar-refractivity contribution < 1.29 is 0 Å². The molecule has 0 aliphatic rings. The van der Waals surface area contributed by atoms with Gasteiger partial charge in [0.15, 0.2) is 0 Å². The van der Waals surface area contributed by atoms with Crippen LogP contribution in [-0.4, -0.2) is 0 Å². The fraction of sp³-hybridized carbons (Fsp3) is 0.238. The first-order valence-corrected chi connectivity index (χ1v) is 7.73. The van der Waals surface area contributed by atoms with Crippen LogP contribution in [0.5, 0.6) is 0 Å². The van der Waals surface area contributed by atoms with Gasteiger partial charge in [0, 0.05) is 0 Å². The minimum absolute atomic E-state index is 1.01. The van der Waals surface area contributed by atoms with Crippen LogP contribution in [0.2, 0.25) is 0 Å². The molecule has 0 bridgehead atoms. The highest BCUT2D eigenvalue weighted by atomic mass is 14.1. The Morgan fingerprint density at radius 2 is 1.52 bits per heavy atom. The molecule has 0 saturated carbocycles. The Kier molecular flexibility index (Phi) is 3.79. The van der Waals surface area contributed by atoms with Gasteiger partial charge in [0.2, 0.25) is 0 Å². The van der Waals surface area contributed by atoms with Crippen LogP contribution in [0.15, 0.2) is 54.6 Å². The van der Waals surface area contributed by atoms with Crippen molar-refractivity contribution in [2.75, 3.05) is 0 Å². The highest BCUT2D eigenvalue weighted by Gasteiger charge is 2.04. The zero-order chi connectivity index (χ0) is 14.8. The van der Waals surface area contributed by atoms with Gasteiger partial charge >= 0.3 is 0 Å². The van der Waals surface area contributed by atoms with E-state index in [1.54, 1.807) is 0 Å².